The normalized spacial score (nSPS) is 12.8. The third-order valence-corrected chi connectivity index (χ3v) is 4.07. The molecule has 2 rings (SSSR count). The van der Waals surface area contributed by atoms with Crippen molar-refractivity contribution in [3.05, 3.63) is 32.7 Å². The predicted molar refractivity (Wildman–Crippen MR) is 74.0 cm³/mol. The summed E-state index contributed by atoms with van der Waals surface area (Å²) in [5.74, 6) is 0. The van der Waals surface area contributed by atoms with Crippen LogP contribution in [0.3, 0.4) is 0 Å². The van der Waals surface area contributed by atoms with Gasteiger partial charge in [-0.3, -0.25) is 4.68 Å². The molecule has 0 spiro atoms. The van der Waals surface area contributed by atoms with Crippen LogP contribution in [0.5, 0.6) is 0 Å². The summed E-state index contributed by atoms with van der Waals surface area (Å²) in [6.45, 7) is 6.21. The van der Waals surface area contributed by atoms with Gasteiger partial charge in [-0.15, -0.1) is 11.3 Å². The van der Waals surface area contributed by atoms with Crippen LogP contribution >= 0.6 is 22.9 Å². The molecule has 3 nitrogen and oxygen atoms in total. The van der Waals surface area contributed by atoms with Crippen LogP contribution in [0.4, 0.5) is 5.69 Å². The third-order valence-electron chi connectivity index (χ3n) is 2.96. The Balaban J connectivity index is 2.21. The summed E-state index contributed by atoms with van der Waals surface area (Å²) in [6.07, 6.45) is 0. The molecule has 0 aliphatic heterocycles. The molecule has 0 fully saturated rings. The van der Waals surface area contributed by atoms with E-state index in [-0.39, 0.29) is 6.04 Å². The molecule has 0 bridgehead atoms. The Morgan fingerprint density at radius 1 is 1.47 bits per heavy atom. The van der Waals surface area contributed by atoms with Gasteiger partial charge in [-0.25, -0.2) is 0 Å². The molecule has 92 valence electrons. The minimum Gasteiger partial charge on any atom is -0.376 e. The molecule has 0 saturated heterocycles. The average molecular weight is 270 g/mol. The van der Waals surface area contributed by atoms with Crippen molar-refractivity contribution >= 4 is 28.6 Å². The van der Waals surface area contributed by atoms with E-state index < -0.39 is 0 Å². The lowest BCUT2D eigenvalue weighted by Crippen LogP contribution is -2.07. The van der Waals surface area contributed by atoms with Gasteiger partial charge in [0.25, 0.3) is 0 Å². The van der Waals surface area contributed by atoms with Crippen molar-refractivity contribution in [1.82, 2.24) is 9.78 Å². The van der Waals surface area contributed by atoms with Crippen LogP contribution in [-0.2, 0) is 7.05 Å². The molecular weight excluding hydrogens is 254 g/mol. The maximum atomic E-state index is 5.95. The highest BCUT2D eigenvalue weighted by Gasteiger charge is 2.13. The van der Waals surface area contributed by atoms with Crippen LogP contribution in [-0.4, -0.2) is 9.78 Å². The van der Waals surface area contributed by atoms with Gasteiger partial charge in [0.2, 0.25) is 0 Å². The van der Waals surface area contributed by atoms with Crippen LogP contribution in [0, 0.1) is 13.8 Å². The molecule has 2 aromatic heterocycles. The van der Waals surface area contributed by atoms with Gasteiger partial charge >= 0.3 is 0 Å². The van der Waals surface area contributed by atoms with Crippen molar-refractivity contribution < 1.29 is 0 Å². The molecule has 17 heavy (non-hydrogen) atoms. The van der Waals surface area contributed by atoms with Crippen molar-refractivity contribution in [2.75, 3.05) is 5.32 Å². The van der Waals surface area contributed by atoms with E-state index in [4.69, 9.17) is 11.6 Å². The fourth-order valence-corrected chi connectivity index (χ4v) is 2.82. The summed E-state index contributed by atoms with van der Waals surface area (Å²) < 4.78 is 2.72. The summed E-state index contributed by atoms with van der Waals surface area (Å²) in [7, 11) is 1.96. The molecule has 0 aliphatic carbocycles. The van der Waals surface area contributed by atoms with Gasteiger partial charge in [-0.2, -0.15) is 5.10 Å². The number of nitrogens with one attached hydrogen (secondary N) is 1. The monoisotopic (exact) mass is 269 g/mol. The fourth-order valence-electron chi connectivity index (χ4n) is 1.83. The Morgan fingerprint density at radius 3 is 2.65 bits per heavy atom. The van der Waals surface area contributed by atoms with Gasteiger partial charge in [0.05, 0.1) is 21.4 Å². The summed E-state index contributed by atoms with van der Waals surface area (Å²) >= 11 is 7.51. The second-order valence-corrected chi connectivity index (χ2v) is 5.76. The van der Waals surface area contributed by atoms with Crippen molar-refractivity contribution in [1.29, 1.82) is 0 Å². The van der Waals surface area contributed by atoms with Crippen LogP contribution in [0.25, 0.3) is 0 Å². The lowest BCUT2D eigenvalue weighted by molar-refractivity contribution is 0.731. The number of thiophene rings is 1. The standard InChI is InChI=1S/C12H16ClN3S/c1-7(10-5-11(13)17-6-10)14-12-8(2)15-16(4)9(12)3/h5-7,14H,1-4H3. The van der Waals surface area contributed by atoms with Gasteiger partial charge in [0.1, 0.15) is 0 Å². The lowest BCUT2D eigenvalue weighted by atomic mass is 10.1. The highest BCUT2D eigenvalue weighted by molar-refractivity contribution is 7.14. The van der Waals surface area contributed by atoms with E-state index in [0.29, 0.717) is 0 Å². The maximum Gasteiger partial charge on any atom is 0.0931 e. The van der Waals surface area contributed by atoms with Gasteiger partial charge in [-0.05, 0) is 37.8 Å². The molecule has 1 atom stereocenters. The lowest BCUT2D eigenvalue weighted by Gasteiger charge is -2.14. The molecule has 1 unspecified atom stereocenters. The number of anilines is 1. The van der Waals surface area contributed by atoms with E-state index in [1.165, 1.54) is 5.56 Å². The van der Waals surface area contributed by atoms with E-state index >= 15 is 0 Å². The van der Waals surface area contributed by atoms with Crippen molar-refractivity contribution in [2.45, 2.75) is 26.8 Å². The molecule has 2 heterocycles. The van der Waals surface area contributed by atoms with E-state index in [1.54, 1.807) is 11.3 Å². The Bertz CT molecular complexity index is 530. The Kier molecular flexibility index (Phi) is 3.45. The molecule has 0 saturated carbocycles. The summed E-state index contributed by atoms with van der Waals surface area (Å²) in [5, 5.41) is 9.97. The molecule has 0 amide bonds. The summed E-state index contributed by atoms with van der Waals surface area (Å²) in [5.41, 5.74) is 4.50. The number of halogens is 1. The minimum absolute atomic E-state index is 0.236. The van der Waals surface area contributed by atoms with E-state index in [1.807, 2.05) is 24.7 Å². The highest BCUT2D eigenvalue weighted by Crippen LogP contribution is 2.29. The van der Waals surface area contributed by atoms with Gasteiger partial charge in [-0.1, -0.05) is 11.6 Å². The molecule has 0 aliphatic rings. The second-order valence-electron chi connectivity index (χ2n) is 4.22. The smallest absolute Gasteiger partial charge is 0.0931 e. The van der Waals surface area contributed by atoms with Crippen molar-refractivity contribution in [3.63, 3.8) is 0 Å². The minimum atomic E-state index is 0.236. The first-order valence-electron chi connectivity index (χ1n) is 5.49. The number of aryl methyl sites for hydroxylation is 2. The quantitative estimate of drug-likeness (QED) is 0.915. The van der Waals surface area contributed by atoms with Gasteiger partial charge < -0.3 is 5.32 Å². The summed E-state index contributed by atoms with van der Waals surface area (Å²) in [6, 6.07) is 2.24. The molecule has 0 aromatic carbocycles. The maximum absolute atomic E-state index is 5.95. The highest BCUT2D eigenvalue weighted by atomic mass is 35.5. The van der Waals surface area contributed by atoms with Crippen LogP contribution in [0.15, 0.2) is 11.4 Å². The zero-order valence-corrected chi connectivity index (χ0v) is 12.0. The zero-order chi connectivity index (χ0) is 12.6. The van der Waals surface area contributed by atoms with E-state index in [0.717, 1.165) is 21.4 Å². The van der Waals surface area contributed by atoms with Gasteiger partial charge in [0, 0.05) is 13.1 Å². The molecule has 5 heteroatoms. The van der Waals surface area contributed by atoms with E-state index in [9.17, 15) is 0 Å². The topological polar surface area (TPSA) is 29.9 Å². The summed E-state index contributed by atoms with van der Waals surface area (Å²) in [4.78, 5) is 0. The third kappa shape index (κ3) is 2.48. The molecule has 0 radical (unpaired) electrons. The first-order chi connectivity index (χ1) is 7.99. The number of aromatic nitrogens is 2. The first kappa shape index (κ1) is 12.5. The van der Waals surface area contributed by atoms with Crippen LogP contribution in [0.1, 0.15) is 29.9 Å². The number of hydrogen-bond acceptors (Lipinski definition) is 3. The van der Waals surface area contributed by atoms with Crippen molar-refractivity contribution in [3.8, 4) is 0 Å². The first-order valence-corrected chi connectivity index (χ1v) is 6.75. The number of rotatable bonds is 3. The van der Waals surface area contributed by atoms with Crippen LogP contribution < -0.4 is 5.32 Å². The largest absolute Gasteiger partial charge is 0.376 e. The number of nitrogens with zero attached hydrogens (tertiary/aromatic N) is 2. The van der Waals surface area contributed by atoms with Crippen molar-refractivity contribution in [2.24, 2.45) is 7.05 Å². The molecule has 2 aromatic rings. The average Bonchev–Trinajstić information content (AvgIpc) is 2.79. The second kappa shape index (κ2) is 4.70. The fraction of sp³-hybridized carbons (Fsp3) is 0.417. The Hall–Kier alpha value is -1.00. The Labute approximate surface area is 110 Å². The molecular formula is C12H16ClN3S. The van der Waals surface area contributed by atoms with E-state index in [2.05, 4.69) is 29.6 Å². The number of hydrogen-bond donors (Lipinski definition) is 1. The zero-order valence-electron chi connectivity index (χ0n) is 10.4. The van der Waals surface area contributed by atoms with Crippen LogP contribution in [0.2, 0.25) is 4.34 Å². The van der Waals surface area contributed by atoms with Gasteiger partial charge in [0.15, 0.2) is 0 Å². The predicted octanol–water partition coefficient (Wildman–Crippen LogP) is 3.92. The molecule has 1 N–H and O–H groups in total. The Morgan fingerprint density at radius 2 is 2.18 bits per heavy atom. The SMILES string of the molecule is Cc1nn(C)c(C)c1NC(C)c1csc(Cl)c1.